The molecule has 0 saturated carbocycles. The van der Waals surface area contributed by atoms with Crippen molar-refractivity contribution in [1.29, 1.82) is 0 Å². The first kappa shape index (κ1) is 19.6. The zero-order chi connectivity index (χ0) is 20.9. The molecule has 0 spiro atoms. The van der Waals surface area contributed by atoms with Crippen molar-refractivity contribution >= 4 is 16.9 Å². The number of fused-ring (bicyclic) bond motifs is 1. The number of aryl methyl sites for hydroxylation is 1. The standard InChI is InChI=1S/C24H22FN3O2/c1-17-6-2-5-9-22(17)30-15-14-28-21-8-4-3-7-20(21)27-23(28)16-26-24(29)18-10-12-19(25)13-11-18/h2-13H,14-16H2,1H3,(H,26,29). The first-order chi connectivity index (χ1) is 14.6. The molecule has 1 heterocycles. The van der Waals surface area contributed by atoms with Gasteiger partial charge in [-0.2, -0.15) is 0 Å². The molecular weight excluding hydrogens is 381 g/mol. The number of para-hydroxylation sites is 3. The molecule has 0 unspecified atom stereocenters. The van der Waals surface area contributed by atoms with Crippen LogP contribution in [0.4, 0.5) is 4.39 Å². The Morgan fingerprint density at radius 3 is 2.57 bits per heavy atom. The number of nitrogens with one attached hydrogen (secondary N) is 1. The van der Waals surface area contributed by atoms with Gasteiger partial charge in [0.2, 0.25) is 0 Å². The second kappa shape index (κ2) is 8.78. The van der Waals surface area contributed by atoms with Gasteiger partial charge in [-0.3, -0.25) is 4.79 Å². The average molecular weight is 403 g/mol. The fourth-order valence-electron chi connectivity index (χ4n) is 3.34. The van der Waals surface area contributed by atoms with Crippen LogP contribution in [0.1, 0.15) is 21.7 Å². The van der Waals surface area contributed by atoms with Gasteiger partial charge in [0.1, 0.15) is 24.0 Å². The smallest absolute Gasteiger partial charge is 0.251 e. The highest BCUT2D eigenvalue weighted by Crippen LogP contribution is 2.19. The Balaban J connectivity index is 1.49. The van der Waals surface area contributed by atoms with E-state index in [2.05, 4.69) is 14.9 Å². The van der Waals surface area contributed by atoms with Gasteiger partial charge in [0.05, 0.1) is 24.1 Å². The summed E-state index contributed by atoms with van der Waals surface area (Å²) in [5.74, 6) is 0.944. The van der Waals surface area contributed by atoms with Crippen LogP contribution in [0.15, 0.2) is 72.8 Å². The van der Waals surface area contributed by atoms with Gasteiger partial charge in [0, 0.05) is 5.56 Å². The zero-order valence-corrected chi connectivity index (χ0v) is 16.6. The normalized spacial score (nSPS) is 10.9. The molecule has 0 fully saturated rings. The van der Waals surface area contributed by atoms with Crippen molar-refractivity contribution in [2.24, 2.45) is 0 Å². The lowest BCUT2D eigenvalue weighted by atomic mass is 10.2. The van der Waals surface area contributed by atoms with Gasteiger partial charge in [0.15, 0.2) is 0 Å². The molecule has 0 saturated heterocycles. The van der Waals surface area contributed by atoms with Gasteiger partial charge in [-0.05, 0) is 55.0 Å². The van der Waals surface area contributed by atoms with E-state index in [0.717, 1.165) is 28.2 Å². The summed E-state index contributed by atoms with van der Waals surface area (Å²) in [6.07, 6.45) is 0. The quantitative estimate of drug-likeness (QED) is 0.495. The first-order valence-corrected chi connectivity index (χ1v) is 9.78. The molecule has 0 aliphatic rings. The molecule has 1 aromatic heterocycles. The lowest BCUT2D eigenvalue weighted by Crippen LogP contribution is -2.25. The Kier molecular flexibility index (Phi) is 5.75. The topological polar surface area (TPSA) is 56.1 Å². The molecule has 1 amide bonds. The second-order valence-corrected chi connectivity index (χ2v) is 6.97. The van der Waals surface area contributed by atoms with Gasteiger partial charge in [-0.15, -0.1) is 0 Å². The van der Waals surface area contributed by atoms with Gasteiger partial charge >= 0.3 is 0 Å². The van der Waals surface area contributed by atoms with Crippen molar-refractivity contribution in [3.63, 3.8) is 0 Å². The van der Waals surface area contributed by atoms with E-state index in [1.54, 1.807) is 0 Å². The maximum absolute atomic E-state index is 13.1. The van der Waals surface area contributed by atoms with E-state index in [-0.39, 0.29) is 18.3 Å². The number of ether oxygens (including phenoxy) is 1. The third-order valence-corrected chi connectivity index (χ3v) is 4.91. The second-order valence-electron chi connectivity index (χ2n) is 6.97. The van der Waals surface area contributed by atoms with Crippen LogP contribution >= 0.6 is 0 Å². The molecule has 6 heteroatoms. The van der Waals surface area contributed by atoms with Crippen molar-refractivity contribution in [2.45, 2.75) is 20.0 Å². The molecule has 3 aromatic carbocycles. The van der Waals surface area contributed by atoms with Crippen LogP contribution in [0.2, 0.25) is 0 Å². The van der Waals surface area contributed by atoms with Crippen molar-refractivity contribution in [3.8, 4) is 5.75 Å². The van der Waals surface area contributed by atoms with E-state index in [9.17, 15) is 9.18 Å². The minimum atomic E-state index is -0.373. The highest BCUT2D eigenvalue weighted by atomic mass is 19.1. The van der Waals surface area contributed by atoms with Crippen molar-refractivity contribution < 1.29 is 13.9 Å². The third kappa shape index (κ3) is 4.33. The monoisotopic (exact) mass is 403 g/mol. The number of aromatic nitrogens is 2. The van der Waals surface area contributed by atoms with Crippen molar-refractivity contribution in [1.82, 2.24) is 14.9 Å². The van der Waals surface area contributed by atoms with Gasteiger partial charge in [0.25, 0.3) is 5.91 Å². The van der Waals surface area contributed by atoms with E-state index in [0.29, 0.717) is 18.7 Å². The first-order valence-electron chi connectivity index (χ1n) is 9.78. The van der Waals surface area contributed by atoms with Crippen LogP contribution in [0.25, 0.3) is 11.0 Å². The van der Waals surface area contributed by atoms with Crippen LogP contribution in [0, 0.1) is 12.7 Å². The molecule has 0 aliphatic heterocycles. The lowest BCUT2D eigenvalue weighted by Gasteiger charge is -2.12. The molecule has 1 N–H and O–H groups in total. The Morgan fingerprint density at radius 2 is 1.77 bits per heavy atom. The summed E-state index contributed by atoms with van der Waals surface area (Å²) in [5.41, 5.74) is 3.33. The summed E-state index contributed by atoms with van der Waals surface area (Å²) >= 11 is 0. The molecule has 4 aromatic rings. The maximum Gasteiger partial charge on any atom is 0.251 e. The van der Waals surface area contributed by atoms with Crippen molar-refractivity contribution in [2.75, 3.05) is 6.61 Å². The number of benzene rings is 3. The molecule has 0 radical (unpaired) electrons. The van der Waals surface area contributed by atoms with E-state index >= 15 is 0 Å². The maximum atomic E-state index is 13.1. The van der Waals surface area contributed by atoms with Crippen LogP contribution in [0.5, 0.6) is 5.75 Å². The number of imidazole rings is 1. The highest BCUT2D eigenvalue weighted by molar-refractivity contribution is 5.94. The Bertz CT molecular complexity index is 1170. The van der Waals surface area contributed by atoms with Gasteiger partial charge in [-0.1, -0.05) is 30.3 Å². The van der Waals surface area contributed by atoms with E-state index in [4.69, 9.17) is 4.74 Å². The highest BCUT2D eigenvalue weighted by Gasteiger charge is 2.13. The Labute approximate surface area is 174 Å². The van der Waals surface area contributed by atoms with Gasteiger partial charge < -0.3 is 14.6 Å². The van der Waals surface area contributed by atoms with Crippen LogP contribution in [0.3, 0.4) is 0 Å². The van der Waals surface area contributed by atoms with Gasteiger partial charge in [-0.25, -0.2) is 9.37 Å². The number of halogens is 1. The number of rotatable bonds is 7. The number of carbonyl (C=O) groups is 1. The fourth-order valence-corrected chi connectivity index (χ4v) is 3.34. The predicted octanol–water partition coefficient (Wildman–Crippen LogP) is 4.49. The molecule has 0 aliphatic carbocycles. The summed E-state index contributed by atoms with van der Waals surface area (Å²) in [6, 6.07) is 21.2. The van der Waals surface area contributed by atoms with Crippen LogP contribution in [-0.2, 0) is 13.1 Å². The average Bonchev–Trinajstić information content (AvgIpc) is 3.11. The predicted molar refractivity (Wildman–Crippen MR) is 114 cm³/mol. The molecule has 5 nitrogen and oxygen atoms in total. The summed E-state index contributed by atoms with van der Waals surface area (Å²) in [6.45, 7) is 3.34. The number of hydrogen-bond donors (Lipinski definition) is 1. The van der Waals surface area contributed by atoms with Crippen molar-refractivity contribution in [3.05, 3.63) is 95.6 Å². The number of amides is 1. The SMILES string of the molecule is Cc1ccccc1OCCn1c(CNC(=O)c2ccc(F)cc2)nc2ccccc21. The summed E-state index contributed by atoms with van der Waals surface area (Å²) in [5, 5.41) is 2.87. The Morgan fingerprint density at radius 1 is 1.03 bits per heavy atom. The molecule has 0 atom stereocenters. The molecular formula is C24H22FN3O2. The van der Waals surface area contributed by atoms with E-state index < -0.39 is 0 Å². The molecule has 30 heavy (non-hydrogen) atoms. The minimum absolute atomic E-state index is 0.259. The number of hydrogen-bond acceptors (Lipinski definition) is 3. The summed E-state index contributed by atoms with van der Waals surface area (Å²) in [7, 11) is 0. The number of carbonyl (C=O) groups excluding carboxylic acids is 1. The summed E-state index contributed by atoms with van der Waals surface area (Å²) in [4.78, 5) is 17.1. The minimum Gasteiger partial charge on any atom is -0.491 e. The largest absolute Gasteiger partial charge is 0.491 e. The van der Waals surface area contributed by atoms with Crippen LogP contribution in [-0.4, -0.2) is 22.1 Å². The molecule has 152 valence electrons. The zero-order valence-electron chi connectivity index (χ0n) is 16.6. The fraction of sp³-hybridized carbons (Fsp3) is 0.167. The van der Waals surface area contributed by atoms with E-state index in [1.807, 2.05) is 55.5 Å². The third-order valence-electron chi connectivity index (χ3n) is 4.91. The van der Waals surface area contributed by atoms with Crippen LogP contribution < -0.4 is 10.1 Å². The van der Waals surface area contributed by atoms with E-state index in [1.165, 1.54) is 24.3 Å². The molecule has 4 rings (SSSR count). The number of nitrogens with zero attached hydrogens (tertiary/aromatic N) is 2. The Hall–Kier alpha value is -3.67. The lowest BCUT2D eigenvalue weighted by molar-refractivity contribution is 0.0949. The molecule has 0 bridgehead atoms. The summed E-state index contributed by atoms with van der Waals surface area (Å²) < 4.78 is 21.1.